The normalized spacial score (nSPS) is 12.7. The largest absolute Gasteiger partial charge is 0.396 e. The Bertz CT molecular complexity index is 703. The molecule has 2 aromatic rings. The van der Waals surface area contributed by atoms with Gasteiger partial charge in [-0.2, -0.15) is 0 Å². The Labute approximate surface area is 157 Å². The molecule has 4 nitrogen and oxygen atoms in total. The van der Waals surface area contributed by atoms with Crippen molar-refractivity contribution in [3.05, 3.63) is 69.7 Å². The van der Waals surface area contributed by atoms with Crippen LogP contribution in [0.4, 0.5) is 0 Å². The van der Waals surface area contributed by atoms with Crippen molar-refractivity contribution in [1.82, 2.24) is 4.90 Å². The minimum atomic E-state index is -1.68. The fourth-order valence-electron chi connectivity index (χ4n) is 2.97. The van der Waals surface area contributed by atoms with Crippen LogP contribution in [-0.2, 0) is 10.4 Å². The second kappa shape index (κ2) is 8.19. The SMILES string of the molecule is CN(C)C(=O)C(CCO)C(O)(c1cccc(Cl)c1)c1cccc(Cl)c1. The Balaban J connectivity index is 2.72. The molecule has 1 unspecified atom stereocenters. The van der Waals surface area contributed by atoms with E-state index in [0.717, 1.165) is 0 Å². The number of aliphatic hydroxyl groups excluding tert-OH is 1. The summed E-state index contributed by atoms with van der Waals surface area (Å²) < 4.78 is 0. The molecule has 0 bridgehead atoms. The zero-order valence-corrected chi connectivity index (χ0v) is 15.6. The first kappa shape index (κ1) is 19.7. The first-order chi connectivity index (χ1) is 11.8. The Morgan fingerprint density at radius 1 is 1.08 bits per heavy atom. The minimum Gasteiger partial charge on any atom is -0.396 e. The van der Waals surface area contributed by atoms with E-state index in [2.05, 4.69) is 0 Å². The van der Waals surface area contributed by atoms with Gasteiger partial charge in [0.05, 0.1) is 5.92 Å². The maximum atomic E-state index is 12.8. The van der Waals surface area contributed by atoms with E-state index >= 15 is 0 Å². The first-order valence-electron chi connectivity index (χ1n) is 7.87. The molecule has 0 aliphatic rings. The predicted octanol–water partition coefficient (Wildman–Crippen LogP) is 3.32. The molecule has 134 valence electrons. The zero-order valence-electron chi connectivity index (χ0n) is 14.1. The lowest BCUT2D eigenvalue weighted by atomic mass is 9.74. The number of benzene rings is 2. The molecular weight excluding hydrogens is 361 g/mol. The van der Waals surface area contributed by atoms with Gasteiger partial charge in [0.25, 0.3) is 0 Å². The van der Waals surface area contributed by atoms with Crippen molar-refractivity contribution in [2.75, 3.05) is 20.7 Å². The number of carbonyl (C=O) groups excluding carboxylic acids is 1. The highest BCUT2D eigenvalue weighted by molar-refractivity contribution is 6.31. The molecule has 25 heavy (non-hydrogen) atoms. The molecule has 0 radical (unpaired) electrons. The summed E-state index contributed by atoms with van der Waals surface area (Å²) in [6.45, 7) is -0.242. The lowest BCUT2D eigenvalue weighted by Crippen LogP contribution is -2.46. The van der Waals surface area contributed by atoms with E-state index in [9.17, 15) is 15.0 Å². The van der Waals surface area contributed by atoms with E-state index < -0.39 is 11.5 Å². The number of carbonyl (C=O) groups is 1. The van der Waals surface area contributed by atoms with E-state index in [1.165, 1.54) is 4.90 Å². The maximum absolute atomic E-state index is 12.8. The van der Waals surface area contributed by atoms with Crippen molar-refractivity contribution in [3.63, 3.8) is 0 Å². The van der Waals surface area contributed by atoms with Crippen molar-refractivity contribution >= 4 is 29.1 Å². The maximum Gasteiger partial charge on any atom is 0.228 e. The van der Waals surface area contributed by atoms with Crippen LogP contribution in [0.3, 0.4) is 0 Å². The van der Waals surface area contributed by atoms with E-state index in [4.69, 9.17) is 23.2 Å². The topological polar surface area (TPSA) is 60.8 Å². The smallest absolute Gasteiger partial charge is 0.228 e. The average molecular weight is 382 g/mol. The number of nitrogens with zero attached hydrogens (tertiary/aromatic N) is 1. The van der Waals surface area contributed by atoms with Crippen LogP contribution in [-0.4, -0.2) is 41.7 Å². The molecular formula is C19H21Cl2NO3. The molecule has 0 saturated heterocycles. The zero-order chi connectivity index (χ0) is 18.6. The summed E-state index contributed by atoms with van der Waals surface area (Å²) >= 11 is 12.2. The fraction of sp³-hybridized carbons (Fsp3) is 0.316. The summed E-state index contributed by atoms with van der Waals surface area (Å²) in [5, 5.41) is 22.1. The molecule has 0 spiro atoms. The number of amides is 1. The van der Waals surface area contributed by atoms with Crippen molar-refractivity contribution in [2.45, 2.75) is 12.0 Å². The number of halogens is 2. The molecule has 1 atom stereocenters. The second-order valence-corrected chi connectivity index (χ2v) is 6.96. The highest BCUT2D eigenvalue weighted by atomic mass is 35.5. The monoisotopic (exact) mass is 381 g/mol. The quantitative estimate of drug-likeness (QED) is 0.806. The molecule has 0 aromatic heterocycles. The Kier molecular flexibility index (Phi) is 6.47. The first-order valence-corrected chi connectivity index (χ1v) is 8.62. The van der Waals surface area contributed by atoms with E-state index in [-0.39, 0.29) is 18.9 Å². The van der Waals surface area contributed by atoms with Crippen LogP contribution in [0.5, 0.6) is 0 Å². The van der Waals surface area contributed by atoms with Gasteiger partial charge in [-0.1, -0.05) is 47.5 Å². The van der Waals surface area contributed by atoms with Gasteiger partial charge < -0.3 is 15.1 Å². The van der Waals surface area contributed by atoms with Crippen LogP contribution in [0.15, 0.2) is 48.5 Å². The molecule has 1 amide bonds. The third-order valence-electron chi connectivity index (χ3n) is 4.19. The molecule has 0 aliphatic carbocycles. The van der Waals surface area contributed by atoms with Crippen LogP contribution in [0.1, 0.15) is 17.5 Å². The summed E-state index contributed by atoms with van der Waals surface area (Å²) in [7, 11) is 3.23. The molecule has 2 N–H and O–H groups in total. The molecule has 0 aliphatic heterocycles. The van der Waals surface area contributed by atoms with Crippen LogP contribution in [0, 0.1) is 5.92 Å². The van der Waals surface area contributed by atoms with Crippen LogP contribution < -0.4 is 0 Å². The molecule has 2 aromatic carbocycles. The third kappa shape index (κ3) is 4.15. The van der Waals surface area contributed by atoms with Gasteiger partial charge in [0.15, 0.2) is 0 Å². The number of aliphatic hydroxyl groups is 2. The van der Waals surface area contributed by atoms with Crippen molar-refractivity contribution in [2.24, 2.45) is 5.92 Å². The lowest BCUT2D eigenvalue weighted by Gasteiger charge is -2.37. The number of hydrogen-bond acceptors (Lipinski definition) is 3. The van der Waals surface area contributed by atoms with Crippen molar-refractivity contribution < 1.29 is 15.0 Å². The van der Waals surface area contributed by atoms with Gasteiger partial charge in [-0.3, -0.25) is 4.79 Å². The Hall–Kier alpha value is -1.59. The summed E-state index contributed by atoms with van der Waals surface area (Å²) in [6, 6.07) is 13.5. The number of rotatable bonds is 6. The van der Waals surface area contributed by atoms with Gasteiger partial charge >= 0.3 is 0 Å². The van der Waals surface area contributed by atoms with Crippen LogP contribution in [0.2, 0.25) is 10.0 Å². The van der Waals surface area contributed by atoms with Gasteiger partial charge in [-0.25, -0.2) is 0 Å². The van der Waals surface area contributed by atoms with Gasteiger partial charge in [-0.15, -0.1) is 0 Å². The molecule has 0 fully saturated rings. The lowest BCUT2D eigenvalue weighted by molar-refractivity contribution is -0.142. The minimum absolute atomic E-state index is 0.0898. The summed E-state index contributed by atoms with van der Waals surface area (Å²) in [6.07, 6.45) is 0.0898. The molecule has 6 heteroatoms. The van der Waals surface area contributed by atoms with Gasteiger partial charge in [-0.05, 0) is 41.8 Å². The van der Waals surface area contributed by atoms with Gasteiger partial charge in [0, 0.05) is 30.7 Å². The number of hydrogen-bond donors (Lipinski definition) is 2. The van der Waals surface area contributed by atoms with E-state index in [1.54, 1.807) is 62.6 Å². The highest BCUT2D eigenvalue weighted by Gasteiger charge is 2.44. The van der Waals surface area contributed by atoms with Crippen molar-refractivity contribution in [3.8, 4) is 0 Å². The fourth-order valence-corrected chi connectivity index (χ4v) is 3.35. The highest BCUT2D eigenvalue weighted by Crippen LogP contribution is 2.41. The summed E-state index contributed by atoms with van der Waals surface area (Å²) in [5.41, 5.74) is -0.744. The Morgan fingerprint density at radius 2 is 1.56 bits per heavy atom. The standard InChI is InChI=1S/C19H21Cl2NO3/c1-22(2)18(24)17(9-10-23)19(25,13-5-3-7-15(20)11-13)14-6-4-8-16(21)12-14/h3-8,11-12,17,23,25H,9-10H2,1-2H3. The second-order valence-electron chi connectivity index (χ2n) is 6.08. The third-order valence-corrected chi connectivity index (χ3v) is 4.66. The summed E-state index contributed by atoms with van der Waals surface area (Å²) in [5.74, 6) is -1.19. The molecule has 2 rings (SSSR count). The molecule has 0 saturated carbocycles. The van der Waals surface area contributed by atoms with E-state index in [0.29, 0.717) is 21.2 Å². The Morgan fingerprint density at radius 3 is 1.92 bits per heavy atom. The molecule has 0 heterocycles. The van der Waals surface area contributed by atoms with Crippen molar-refractivity contribution in [1.29, 1.82) is 0 Å². The van der Waals surface area contributed by atoms with Crippen LogP contribution in [0.25, 0.3) is 0 Å². The summed E-state index contributed by atoms with van der Waals surface area (Å²) in [4.78, 5) is 14.2. The van der Waals surface area contributed by atoms with Gasteiger partial charge in [0.2, 0.25) is 5.91 Å². The average Bonchev–Trinajstić information content (AvgIpc) is 2.58. The van der Waals surface area contributed by atoms with Gasteiger partial charge in [0.1, 0.15) is 5.60 Å². The van der Waals surface area contributed by atoms with Crippen LogP contribution >= 0.6 is 23.2 Å². The van der Waals surface area contributed by atoms with E-state index in [1.807, 2.05) is 0 Å². The predicted molar refractivity (Wildman–Crippen MR) is 99.8 cm³/mol.